The van der Waals surface area contributed by atoms with Crippen molar-refractivity contribution in [3.05, 3.63) is 87.9 Å². The molecule has 3 aromatic rings. The first-order chi connectivity index (χ1) is 17.6. The average Bonchev–Trinajstić information content (AvgIpc) is 2.85. The summed E-state index contributed by atoms with van der Waals surface area (Å²) < 4.78 is 38.0. The van der Waals surface area contributed by atoms with E-state index >= 15 is 0 Å². The van der Waals surface area contributed by atoms with E-state index in [1.54, 1.807) is 35.5 Å². The summed E-state index contributed by atoms with van der Waals surface area (Å²) in [5.41, 5.74) is 2.00. The number of aryl methyl sites for hydroxylation is 2. The second-order valence-corrected chi connectivity index (χ2v) is 11.1. The van der Waals surface area contributed by atoms with Crippen molar-refractivity contribution in [1.82, 2.24) is 9.21 Å². The highest BCUT2D eigenvalue weighted by Crippen LogP contribution is 2.39. The van der Waals surface area contributed by atoms with Gasteiger partial charge in [0.25, 0.3) is 0 Å². The van der Waals surface area contributed by atoms with Crippen LogP contribution >= 0.6 is 35.3 Å². The van der Waals surface area contributed by atoms with Crippen molar-refractivity contribution in [2.45, 2.75) is 34.7 Å². The normalized spacial score (nSPS) is 13.9. The number of amides is 1. The van der Waals surface area contributed by atoms with Gasteiger partial charge in [-0.15, -0.1) is 0 Å². The number of rotatable bonds is 5. The van der Waals surface area contributed by atoms with Gasteiger partial charge in [-0.25, -0.2) is 4.31 Å². The Morgan fingerprint density at radius 3 is 2.16 bits per heavy atom. The predicted octanol–water partition coefficient (Wildman–Crippen LogP) is 7.47. The Labute approximate surface area is 228 Å². The number of benzene rings is 3. The Balaban J connectivity index is 0.000000289. The number of halogens is 4. The molecule has 0 N–H and O–H groups in total. The largest absolute Gasteiger partial charge is 0.416 e. The first kappa shape index (κ1) is 28.9. The highest BCUT2D eigenvalue weighted by molar-refractivity contribution is 8.01. The van der Waals surface area contributed by atoms with Crippen molar-refractivity contribution >= 4 is 41.7 Å². The van der Waals surface area contributed by atoms with E-state index in [1.807, 2.05) is 37.3 Å². The molecule has 37 heavy (non-hydrogen) atoms. The molecular formula is C27H25ClF3N3OS2. The molecule has 0 aliphatic carbocycles. The molecule has 0 spiro atoms. The second kappa shape index (κ2) is 13.2. The number of nitriles is 1. The molecule has 1 aliphatic heterocycles. The standard InChI is InChI=1S/C19H18ClN3OS2.C8H7F3/c1-14-8-16(20)11-17(9-14)25-18-3-2-15(12-21)10-19(18)26-23-6-4-22(13-24)5-7-23;1-6-2-4-7(5-3-6)8(9,10)11/h2-3,8-11,13H,4-7H2,1H3;2-5H,1H3. The Morgan fingerprint density at radius 1 is 0.919 bits per heavy atom. The van der Waals surface area contributed by atoms with Crippen LogP contribution in [0.25, 0.3) is 0 Å². The zero-order valence-electron chi connectivity index (χ0n) is 20.3. The van der Waals surface area contributed by atoms with Gasteiger partial charge in [0.15, 0.2) is 0 Å². The van der Waals surface area contributed by atoms with Crippen LogP contribution < -0.4 is 0 Å². The minimum Gasteiger partial charge on any atom is -0.343 e. The summed E-state index contributed by atoms with van der Waals surface area (Å²) in [6.07, 6.45) is -3.31. The number of piperazine rings is 1. The van der Waals surface area contributed by atoms with Gasteiger partial charge in [-0.05, 0) is 79.9 Å². The lowest BCUT2D eigenvalue weighted by Gasteiger charge is -2.31. The molecule has 1 aliphatic rings. The monoisotopic (exact) mass is 563 g/mol. The number of hydrogen-bond donors (Lipinski definition) is 0. The molecule has 194 valence electrons. The van der Waals surface area contributed by atoms with Gasteiger partial charge < -0.3 is 4.90 Å². The minimum atomic E-state index is -4.21. The highest BCUT2D eigenvalue weighted by Gasteiger charge is 2.29. The SMILES string of the molecule is Cc1cc(Cl)cc(Sc2ccc(C#N)cc2SN2CCN(C=O)CC2)c1.Cc1ccc(C(F)(F)F)cc1. The van der Waals surface area contributed by atoms with E-state index in [9.17, 15) is 23.2 Å². The van der Waals surface area contributed by atoms with E-state index in [2.05, 4.69) is 16.4 Å². The van der Waals surface area contributed by atoms with Crippen LogP contribution in [0.4, 0.5) is 13.2 Å². The van der Waals surface area contributed by atoms with Gasteiger partial charge in [0.05, 0.1) is 17.2 Å². The van der Waals surface area contributed by atoms with Gasteiger partial charge in [-0.2, -0.15) is 18.4 Å². The van der Waals surface area contributed by atoms with Crippen LogP contribution in [0.1, 0.15) is 22.3 Å². The third kappa shape index (κ3) is 9.00. The fraction of sp³-hybridized carbons (Fsp3) is 0.259. The fourth-order valence-electron chi connectivity index (χ4n) is 3.40. The molecule has 1 saturated heterocycles. The van der Waals surface area contributed by atoms with Gasteiger partial charge in [0, 0.05) is 45.9 Å². The maximum absolute atomic E-state index is 11.9. The van der Waals surface area contributed by atoms with Crippen molar-refractivity contribution in [3.63, 3.8) is 0 Å². The molecule has 10 heteroatoms. The predicted molar refractivity (Wildman–Crippen MR) is 143 cm³/mol. The highest BCUT2D eigenvalue weighted by atomic mass is 35.5. The summed E-state index contributed by atoms with van der Waals surface area (Å²) in [4.78, 5) is 15.9. The van der Waals surface area contributed by atoms with Crippen LogP contribution in [0.2, 0.25) is 5.02 Å². The molecular weight excluding hydrogens is 539 g/mol. The first-order valence-corrected chi connectivity index (χ1v) is 13.3. The van der Waals surface area contributed by atoms with Gasteiger partial charge in [-0.1, -0.05) is 41.1 Å². The molecule has 0 saturated carbocycles. The maximum Gasteiger partial charge on any atom is 0.416 e. The van der Waals surface area contributed by atoms with Crippen LogP contribution in [-0.2, 0) is 11.0 Å². The number of hydrogen-bond acceptors (Lipinski definition) is 5. The molecule has 1 heterocycles. The zero-order valence-corrected chi connectivity index (χ0v) is 22.6. The number of nitrogens with zero attached hydrogens (tertiary/aromatic N) is 3. The molecule has 1 fully saturated rings. The van der Waals surface area contributed by atoms with E-state index in [4.69, 9.17) is 11.6 Å². The number of alkyl halides is 3. The van der Waals surface area contributed by atoms with Crippen LogP contribution in [-0.4, -0.2) is 41.8 Å². The van der Waals surface area contributed by atoms with Gasteiger partial charge in [-0.3, -0.25) is 4.79 Å². The quantitative estimate of drug-likeness (QED) is 0.238. The fourth-order valence-corrected chi connectivity index (χ4v) is 5.94. The molecule has 3 aromatic carbocycles. The molecule has 1 amide bonds. The van der Waals surface area contributed by atoms with Crippen molar-refractivity contribution in [3.8, 4) is 6.07 Å². The second-order valence-electron chi connectivity index (χ2n) is 8.37. The molecule has 0 radical (unpaired) electrons. The average molecular weight is 564 g/mol. The van der Waals surface area contributed by atoms with E-state index < -0.39 is 11.7 Å². The van der Waals surface area contributed by atoms with E-state index in [0.717, 1.165) is 75.6 Å². The Hall–Kier alpha value is -2.64. The van der Waals surface area contributed by atoms with Crippen LogP contribution in [0.3, 0.4) is 0 Å². The van der Waals surface area contributed by atoms with Gasteiger partial charge in [0.1, 0.15) is 0 Å². The van der Waals surface area contributed by atoms with E-state index in [0.29, 0.717) is 5.56 Å². The van der Waals surface area contributed by atoms with Gasteiger partial charge in [0.2, 0.25) is 6.41 Å². The van der Waals surface area contributed by atoms with E-state index in [1.165, 1.54) is 12.1 Å². The smallest absolute Gasteiger partial charge is 0.343 e. The molecule has 0 unspecified atom stereocenters. The summed E-state index contributed by atoms with van der Waals surface area (Å²) in [6, 6.07) is 19.0. The molecule has 4 nitrogen and oxygen atoms in total. The zero-order chi connectivity index (χ0) is 27.0. The summed E-state index contributed by atoms with van der Waals surface area (Å²) >= 11 is 9.48. The maximum atomic E-state index is 11.9. The summed E-state index contributed by atoms with van der Waals surface area (Å²) in [5, 5.41) is 9.97. The van der Waals surface area contributed by atoms with E-state index in [-0.39, 0.29) is 0 Å². The lowest BCUT2D eigenvalue weighted by atomic mass is 10.1. The molecule has 4 rings (SSSR count). The van der Waals surface area contributed by atoms with Crippen LogP contribution in [0.5, 0.6) is 0 Å². The number of carbonyl (C=O) groups is 1. The van der Waals surface area contributed by atoms with Crippen molar-refractivity contribution in [2.24, 2.45) is 0 Å². The summed E-state index contributed by atoms with van der Waals surface area (Å²) in [5.74, 6) is 0. The topological polar surface area (TPSA) is 47.3 Å². The summed E-state index contributed by atoms with van der Waals surface area (Å²) in [7, 11) is 0. The molecule has 0 atom stereocenters. The minimum absolute atomic E-state index is 0.594. The molecule has 0 bridgehead atoms. The third-order valence-electron chi connectivity index (χ3n) is 5.34. The van der Waals surface area contributed by atoms with Crippen molar-refractivity contribution in [1.29, 1.82) is 5.26 Å². The van der Waals surface area contributed by atoms with Crippen molar-refractivity contribution < 1.29 is 18.0 Å². The summed E-state index contributed by atoms with van der Waals surface area (Å²) in [6.45, 7) is 6.84. The molecule has 0 aromatic heterocycles. The lowest BCUT2D eigenvalue weighted by Crippen LogP contribution is -2.42. The first-order valence-electron chi connectivity index (χ1n) is 11.3. The van der Waals surface area contributed by atoms with Crippen molar-refractivity contribution in [2.75, 3.05) is 26.2 Å². The third-order valence-corrected chi connectivity index (χ3v) is 7.90. The number of carbonyl (C=O) groups excluding carboxylic acids is 1. The van der Waals surface area contributed by atoms with Crippen LogP contribution in [0, 0.1) is 25.2 Å². The Bertz CT molecular complexity index is 1230. The lowest BCUT2D eigenvalue weighted by molar-refractivity contribution is -0.137. The Kier molecular flexibility index (Phi) is 10.4. The van der Waals surface area contributed by atoms with Gasteiger partial charge >= 0.3 is 6.18 Å². The van der Waals surface area contributed by atoms with Crippen LogP contribution in [0.15, 0.2) is 75.4 Å². The Morgan fingerprint density at radius 2 is 1.59 bits per heavy atom.